The highest BCUT2D eigenvalue weighted by atomic mass is 16.5. The number of aromatic amines is 1. The predicted molar refractivity (Wildman–Crippen MR) is 84.4 cm³/mol. The number of hydrogen-bond acceptors (Lipinski definition) is 3. The third kappa shape index (κ3) is 3.10. The molecule has 0 saturated heterocycles. The van der Waals surface area contributed by atoms with Crippen LogP contribution in [0.3, 0.4) is 0 Å². The van der Waals surface area contributed by atoms with E-state index < -0.39 is 0 Å². The number of benzene rings is 1. The number of rotatable bonds is 4. The van der Waals surface area contributed by atoms with Gasteiger partial charge in [0.25, 0.3) is 0 Å². The molecule has 3 N–H and O–H groups in total. The lowest BCUT2D eigenvalue weighted by molar-refractivity contribution is 0.341. The van der Waals surface area contributed by atoms with E-state index in [-0.39, 0.29) is 0 Å². The molecule has 1 aromatic carbocycles. The summed E-state index contributed by atoms with van der Waals surface area (Å²) in [6.45, 7) is 2.66. The summed E-state index contributed by atoms with van der Waals surface area (Å²) in [5.41, 5.74) is 8.17. The van der Waals surface area contributed by atoms with E-state index in [0.717, 1.165) is 35.7 Å². The van der Waals surface area contributed by atoms with Crippen LogP contribution in [0.1, 0.15) is 44.3 Å². The summed E-state index contributed by atoms with van der Waals surface area (Å²) in [7, 11) is 0. The van der Waals surface area contributed by atoms with E-state index in [4.69, 9.17) is 10.5 Å². The molecule has 0 amide bonds. The topological polar surface area (TPSA) is 63.9 Å². The van der Waals surface area contributed by atoms with E-state index in [9.17, 15) is 0 Å². The van der Waals surface area contributed by atoms with Crippen LogP contribution in [-0.4, -0.2) is 22.6 Å². The van der Waals surface area contributed by atoms with Gasteiger partial charge < -0.3 is 15.5 Å². The van der Waals surface area contributed by atoms with Crippen molar-refractivity contribution in [2.75, 3.05) is 6.61 Å². The van der Waals surface area contributed by atoms with Crippen LogP contribution in [-0.2, 0) is 0 Å². The van der Waals surface area contributed by atoms with E-state index in [0.29, 0.717) is 18.6 Å². The molecule has 1 aliphatic carbocycles. The highest BCUT2D eigenvalue weighted by Crippen LogP contribution is 2.33. The summed E-state index contributed by atoms with van der Waals surface area (Å²) >= 11 is 0. The Balaban J connectivity index is 1.84. The average molecular weight is 285 g/mol. The molecule has 2 unspecified atom stereocenters. The van der Waals surface area contributed by atoms with Gasteiger partial charge in [0.1, 0.15) is 11.6 Å². The molecule has 4 heteroatoms. The second kappa shape index (κ2) is 6.31. The van der Waals surface area contributed by atoms with Gasteiger partial charge in [-0.3, -0.25) is 0 Å². The SMILES string of the molecule is CCOc1ccccc1-c1cnc(C2CCCC(N)C2)[nH]1. The van der Waals surface area contributed by atoms with Crippen molar-refractivity contribution in [2.24, 2.45) is 5.73 Å². The summed E-state index contributed by atoms with van der Waals surface area (Å²) in [6.07, 6.45) is 6.44. The standard InChI is InChI=1S/C17H23N3O/c1-2-21-16-9-4-3-8-14(16)15-11-19-17(20-15)12-6-5-7-13(18)10-12/h3-4,8-9,11-13H,2,5-7,10,18H2,1H3,(H,19,20). The van der Waals surface area contributed by atoms with E-state index in [1.54, 1.807) is 0 Å². The second-order valence-electron chi connectivity index (χ2n) is 5.73. The number of H-pyrrole nitrogens is 1. The second-order valence-corrected chi connectivity index (χ2v) is 5.73. The van der Waals surface area contributed by atoms with Crippen LogP contribution in [0, 0.1) is 0 Å². The van der Waals surface area contributed by atoms with Gasteiger partial charge in [-0.1, -0.05) is 18.6 Å². The third-order valence-corrected chi connectivity index (χ3v) is 4.17. The lowest BCUT2D eigenvalue weighted by Gasteiger charge is -2.24. The predicted octanol–water partition coefficient (Wildman–Crippen LogP) is 3.46. The minimum Gasteiger partial charge on any atom is -0.493 e. The van der Waals surface area contributed by atoms with E-state index in [1.807, 2.05) is 31.3 Å². The van der Waals surface area contributed by atoms with Gasteiger partial charge >= 0.3 is 0 Å². The molecule has 4 nitrogen and oxygen atoms in total. The van der Waals surface area contributed by atoms with Crippen molar-refractivity contribution < 1.29 is 4.74 Å². The minimum atomic E-state index is 0.313. The number of imidazole rings is 1. The quantitative estimate of drug-likeness (QED) is 0.904. The zero-order valence-electron chi connectivity index (χ0n) is 12.5. The van der Waals surface area contributed by atoms with Crippen LogP contribution < -0.4 is 10.5 Å². The van der Waals surface area contributed by atoms with Gasteiger partial charge in [0, 0.05) is 17.5 Å². The van der Waals surface area contributed by atoms with Crippen LogP contribution in [0.5, 0.6) is 5.75 Å². The molecular formula is C17H23N3O. The van der Waals surface area contributed by atoms with Gasteiger partial charge in [0.05, 0.1) is 18.5 Å². The summed E-state index contributed by atoms with van der Waals surface area (Å²) in [4.78, 5) is 8.06. The lowest BCUT2D eigenvalue weighted by atomic mass is 9.86. The Morgan fingerprint density at radius 3 is 3.00 bits per heavy atom. The molecule has 1 aliphatic rings. The Hall–Kier alpha value is -1.81. The molecule has 0 spiro atoms. The van der Waals surface area contributed by atoms with Crippen LogP contribution in [0.15, 0.2) is 30.5 Å². The van der Waals surface area contributed by atoms with Gasteiger partial charge in [-0.25, -0.2) is 4.98 Å². The maximum Gasteiger partial charge on any atom is 0.128 e. The van der Waals surface area contributed by atoms with E-state index >= 15 is 0 Å². The number of aromatic nitrogens is 2. The van der Waals surface area contributed by atoms with Crippen molar-refractivity contribution in [2.45, 2.75) is 44.6 Å². The molecule has 0 radical (unpaired) electrons. The summed E-state index contributed by atoms with van der Waals surface area (Å²) in [6, 6.07) is 8.39. The Kier molecular flexibility index (Phi) is 4.25. The highest BCUT2D eigenvalue weighted by molar-refractivity contribution is 5.66. The molecule has 1 heterocycles. The van der Waals surface area contributed by atoms with Crippen LogP contribution >= 0.6 is 0 Å². The minimum absolute atomic E-state index is 0.313. The van der Waals surface area contributed by atoms with Crippen molar-refractivity contribution in [1.82, 2.24) is 9.97 Å². The Labute approximate surface area is 125 Å². The first kappa shape index (κ1) is 14.1. The van der Waals surface area contributed by atoms with Crippen molar-refractivity contribution in [3.8, 4) is 17.0 Å². The maximum absolute atomic E-state index is 6.08. The average Bonchev–Trinajstić information content (AvgIpc) is 2.98. The zero-order chi connectivity index (χ0) is 14.7. The molecule has 112 valence electrons. The fraction of sp³-hybridized carbons (Fsp3) is 0.471. The Morgan fingerprint density at radius 1 is 1.33 bits per heavy atom. The first-order valence-electron chi connectivity index (χ1n) is 7.80. The first-order valence-corrected chi connectivity index (χ1v) is 7.80. The molecule has 1 fully saturated rings. The fourth-order valence-electron chi connectivity index (χ4n) is 3.13. The monoisotopic (exact) mass is 285 g/mol. The summed E-state index contributed by atoms with van der Waals surface area (Å²) in [5.74, 6) is 2.42. The highest BCUT2D eigenvalue weighted by Gasteiger charge is 2.23. The van der Waals surface area contributed by atoms with Crippen LogP contribution in [0.4, 0.5) is 0 Å². The van der Waals surface area contributed by atoms with Crippen molar-refractivity contribution in [3.63, 3.8) is 0 Å². The lowest BCUT2D eigenvalue weighted by Crippen LogP contribution is -2.27. The molecule has 0 bridgehead atoms. The Bertz CT molecular complexity index is 593. The molecular weight excluding hydrogens is 262 g/mol. The largest absolute Gasteiger partial charge is 0.493 e. The summed E-state index contributed by atoms with van der Waals surface area (Å²) < 4.78 is 5.70. The molecule has 21 heavy (non-hydrogen) atoms. The third-order valence-electron chi connectivity index (χ3n) is 4.17. The van der Waals surface area contributed by atoms with E-state index in [2.05, 4.69) is 16.0 Å². The first-order chi connectivity index (χ1) is 10.3. The van der Waals surface area contributed by atoms with Gasteiger partial charge in [-0.15, -0.1) is 0 Å². The molecule has 2 aromatic rings. The Morgan fingerprint density at radius 2 is 2.19 bits per heavy atom. The zero-order valence-corrected chi connectivity index (χ0v) is 12.5. The fourth-order valence-corrected chi connectivity index (χ4v) is 3.13. The molecule has 3 rings (SSSR count). The number of ether oxygens (including phenoxy) is 1. The van der Waals surface area contributed by atoms with Crippen molar-refractivity contribution >= 4 is 0 Å². The summed E-state index contributed by atoms with van der Waals surface area (Å²) in [5, 5.41) is 0. The smallest absolute Gasteiger partial charge is 0.128 e. The number of para-hydroxylation sites is 1. The van der Waals surface area contributed by atoms with Crippen LogP contribution in [0.25, 0.3) is 11.3 Å². The maximum atomic E-state index is 6.08. The van der Waals surface area contributed by atoms with Gasteiger partial charge in [-0.05, 0) is 38.3 Å². The molecule has 1 saturated carbocycles. The number of nitrogens with one attached hydrogen (secondary N) is 1. The molecule has 0 aliphatic heterocycles. The van der Waals surface area contributed by atoms with Gasteiger partial charge in [0.2, 0.25) is 0 Å². The van der Waals surface area contributed by atoms with E-state index in [1.165, 1.54) is 12.8 Å². The van der Waals surface area contributed by atoms with Gasteiger partial charge in [-0.2, -0.15) is 0 Å². The number of nitrogens with zero attached hydrogens (tertiary/aromatic N) is 1. The number of nitrogens with two attached hydrogens (primary N) is 1. The van der Waals surface area contributed by atoms with Gasteiger partial charge in [0.15, 0.2) is 0 Å². The van der Waals surface area contributed by atoms with Crippen molar-refractivity contribution in [3.05, 3.63) is 36.3 Å². The normalized spacial score (nSPS) is 22.2. The molecule has 2 atom stereocenters. The van der Waals surface area contributed by atoms with Crippen molar-refractivity contribution in [1.29, 1.82) is 0 Å². The van der Waals surface area contributed by atoms with Crippen LogP contribution in [0.2, 0.25) is 0 Å². The number of hydrogen-bond donors (Lipinski definition) is 2. The molecule has 1 aromatic heterocycles.